The molecule has 3 amide bonds. The van der Waals surface area contributed by atoms with Gasteiger partial charge in [0.25, 0.3) is 5.91 Å². The van der Waals surface area contributed by atoms with Crippen LogP contribution in [0.4, 0.5) is 18.9 Å². The van der Waals surface area contributed by atoms with Gasteiger partial charge in [-0.05, 0) is 73.2 Å². The molecule has 1 aliphatic carbocycles. The number of carbonyl (C=O) groups excluding carboxylic acids is 3. The molecule has 0 radical (unpaired) electrons. The number of thiophene rings is 1. The summed E-state index contributed by atoms with van der Waals surface area (Å²) in [5.41, 5.74) is -4.53. The molecule has 0 spiro atoms. The molecule has 1 aromatic carbocycles. The zero-order chi connectivity index (χ0) is 34.0. The van der Waals surface area contributed by atoms with E-state index in [1.54, 1.807) is 23.4 Å². The fraction of sp³-hybridized carbons (Fsp3) is 0.438. The molecule has 0 bridgehead atoms. The Hall–Kier alpha value is -3.78. The van der Waals surface area contributed by atoms with E-state index in [-0.39, 0.29) is 41.2 Å². The molecule has 2 aromatic heterocycles. The third kappa shape index (κ3) is 5.90. The number of anilines is 1. The fourth-order valence-corrected chi connectivity index (χ4v) is 8.72. The Bertz CT molecular complexity index is 1840. The Labute approximate surface area is 277 Å². The molecule has 3 saturated heterocycles. The number of nitrogens with zero attached hydrogens (tertiary/aromatic N) is 3. The van der Waals surface area contributed by atoms with E-state index >= 15 is 4.39 Å². The van der Waals surface area contributed by atoms with Gasteiger partial charge >= 0.3 is 13.3 Å². The van der Waals surface area contributed by atoms with Crippen molar-refractivity contribution in [2.45, 2.75) is 61.7 Å². The first-order valence-corrected chi connectivity index (χ1v) is 18.1. The number of alkyl halides is 3. The van der Waals surface area contributed by atoms with Gasteiger partial charge in [0, 0.05) is 29.0 Å². The van der Waals surface area contributed by atoms with E-state index in [9.17, 15) is 27.7 Å². The van der Waals surface area contributed by atoms with Crippen LogP contribution in [0.5, 0.6) is 0 Å². The first kappa shape index (κ1) is 32.8. The lowest BCUT2D eigenvalue weighted by atomic mass is 9.73. The van der Waals surface area contributed by atoms with E-state index in [0.717, 1.165) is 29.2 Å². The van der Waals surface area contributed by atoms with Gasteiger partial charge in [0.05, 0.1) is 29.3 Å². The number of aromatic nitrogens is 1. The van der Waals surface area contributed by atoms with E-state index < -0.39 is 60.8 Å². The lowest BCUT2D eigenvalue weighted by molar-refractivity contribution is -0.143. The molecule has 3 aliphatic heterocycles. The molecule has 48 heavy (non-hydrogen) atoms. The van der Waals surface area contributed by atoms with Crippen molar-refractivity contribution in [2.24, 2.45) is 11.8 Å². The summed E-state index contributed by atoms with van der Waals surface area (Å²) in [6.45, 7) is 0.352. The minimum atomic E-state index is -5.78. The molecule has 4 N–H and O–H groups in total. The van der Waals surface area contributed by atoms with Crippen LogP contribution in [0, 0.1) is 11.8 Å². The molecule has 7 rings (SSSR count). The topological polar surface area (TPSA) is 152 Å². The Balaban J connectivity index is 1.08. The van der Waals surface area contributed by atoms with Gasteiger partial charge in [-0.1, -0.05) is 18.2 Å². The summed E-state index contributed by atoms with van der Waals surface area (Å²) >= 11 is 0.991. The predicted octanol–water partition coefficient (Wildman–Crippen LogP) is 3.92. The number of allylic oxidation sites excluding steroid dienone is 2. The van der Waals surface area contributed by atoms with Gasteiger partial charge in [0.1, 0.15) is 18.3 Å². The number of hydrogen-bond donors (Lipinski definition) is 4. The highest BCUT2D eigenvalue weighted by Gasteiger charge is 2.51. The highest BCUT2D eigenvalue weighted by atomic mass is 32.1. The van der Waals surface area contributed by atoms with Crippen LogP contribution in [-0.2, 0) is 19.8 Å². The summed E-state index contributed by atoms with van der Waals surface area (Å²) in [4.78, 5) is 67.2. The number of nitrogens with one attached hydrogen (secondary N) is 2. The molecule has 5 heterocycles. The maximum atomic E-state index is 15.1. The van der Waals surface area contributed by atoms with Gasteiger partial charge < -0.3 is 30.2 Å². The fourth-order valence-electron chi connectivity index (χ4n) is 7.30. The quantitative estimate of drug-likeness (QED) is 0.214. The smallest absolute Gasteiger partial charge is 0.365 e. The Morgan fingerprint density at radius 1 is 1.04 bits per heavy atom. The molecular formula is C32H33F3N5O6PS. The second-order valence-corrected chi connectivity index (χ2v) is 15.6. The van der Waals surface area contributed by atoms with Crippen LogP contribution in [-0.4, -0.2) is 80.8 Å². The summed E-state index contributed by atoms with van der Waals surface area (Å²) in [6.07, 6.45) is 7.99. The Kier molecular flexibility index (Phi) is 8.38. The van der Waals surface area contributed by atoms with Crippen LogP contribution >= 0.6 is 18.9 Å². The summed E-state index contributed by atoms with van der Waals surface area (Å²) in [5, 5.41) is 5.85. The zero-order valence-electron chi connectivity index (χ0n) is 25.4. The molecule has 1 unspecified atom stereocenters. The molecule has 254 valence electrons. The van der Waals surface area contributed by atoms with Crippen LogP contribution in [0.2, 0.25) is 0 Å². The highest BCUT2D eigenvalue weighted by Crippen LogP contribution is 2.59. The number of benzene rings is 1. The average molecular weight is 704 g/mol. The SMILES string of the molecule is O=C(N[C@H]1C[C@H]2C=C[C@H]2C[C@H]2CC[C@@H](C(=O)NC3CN(c4cccnc4)C[C@H]3F)N2C1=O)c1cc2cc(C(F)(F)P(=O)(O)O)ccc2s1. The van der Waals surface area contributed by atoms with Gasteiger partial charge in [0.15, 0.2) is 0 Å². The van der Waals surface area contributed by atoms with Gasteiger partial charge in [0.2, 0.25) is 11.8 Å². The number of hydrogen-bond acceptors (Lipinski definition) is 7. The third-order valence-corrected chi connectivity index (χ3v) is 12.0. The van der Waals surface area contributed by atoms with Gasteiger partial charge in [-0.3, -0.25) is 23.9 Å². The minimum absolute atomic E-state index is 0.0540. The Morgan fingerprint density at radius 3 is 2.52 bits per heavy atom. The number of pyridine rings is 1. The minimum Gasteiger partial charge on any atom is -0.365 e. The molecule has 7 atom stereocenters. The summed E-state index contributed by atoms with van der Waals surface area (Å²) in [5.74, 6) is -1.24. The second-order valence-electron chi connectivity index (χ2n) is 12.9. The molecule has 0 saturated carbocycles. The number of rotatable bonds is 7. The first-order valence-electron chi connectivity index (χ1n) is 15.7. The van der Waals surface area contributed by atoms with E-state index in [2.05, 4.69) is 21.7 Å². The first-order chi connectivity index (χ1) is 22.8. The normalized spacial score (nSPS) is 28.8. The average Bonchev–Trinajstić information content (AvgIpc) is 3.76. The standard InChI is InChI=1S/C32H33F3N5O6PS/c33-23-15-39(22-2-1-9-36-14-22)16-25(23)38-29(41)26-7-6-21-11-17-3-4-18(17)12-24(31(43)40(21)26)37-30(42)28-13-19-10-20(5-8-27(19)48-28)32(34,35)47(44,45)46/h1-5,8-10,13-14,17-18,21,23-26H,6-7,11-12,15-16H2,(H,37,42)(H,38,41)(H2,44,45,46)/t17-,18+,21+,23+,24-,25?,26-/m0/s1. The molecule has 3 aromatic rings. The Morgan fingerprint density at radius 2 is 1.81 bits per heavy atom. The molecule has 3 fully saturated rings. The predicted molar refractivity (Wildman–Crippen MR) is 171 cm³/mol. The van der Waals surface area contributed by atoms with Crippen molar-refractivity contribution in [3.63, 3.8) is 0 Å². The molecular weight excluding hydrogens is 670 g/mol. The number of carbonyl (C=O) groups is 3. The van der Waals surface area contributed by atoms with Gasteiger partial charge in [-0.25, -0.2) is 4.39 Å². The van der Waals surface area contributed by atoms with Crippen molar-refractivity contribution in [1.29, 1.82) is 0 Å². The lowest BCUT2D eigenvalue weighted by Crippen LogP contribution is -2.59. The van der Waals surface area contributed by atoms with Crippen molar-refractivity contribution in [2.75, 3.05) is 18.0 Å². The third-order valence-electron chi connectivity index (χ3n) is 9.91. The number of fused-ring (bicyclic) bond motifs is 3. The maximum Gasteiger partial charge on any atom is 0.399 e. The summed E-state index contributed by atoms with van der Waals surface area (Å²) < 4.78 is 55.6. The van der Waals surface area contributed by atoms with E-state index in [1.165, 1.54) is 12.1 Å². The summed E-state index contributed by atoms with van der Waals surface area (Å²) in [7, 11) is -5.78. The van der Waals surface area contributed by atoms with E-state index in [1.807, 2.05) is 17.0 Å². The number of amides is 3. The van der Waals surface area contributed by atoms with Crippen molar-refractivity contribution in [3.8, 4) is 0 Å². The molecule has 11 nitrogen and oxygen atoms in total. The van der Waals surface area contributed by atoms with Crippen molar-refractivity contribution in [3.05, 3.63) is 71.4 Å². The summed E-state index contributed by atoms with van der Waals surface area (Å²) in [6, 6.07) is 5.21. The van der Waals surface area contributed by atoms with E-state index in [4.69, 9.17) is 9.79 Å². The monoisotopic (exact) mass is 703 g/mol. The molecule has 4 aliphatic rings. The molecule has 16 heteroatoms. The van der Waals surface area contributed by atoms with Crippen molar-refractivity contribution in [1.82, 2.24) is 20.5 Å². The highest BCUT2D eigenvalue weighted by molar-refractivity contribution is 7.52. The van der Waals surface area contributed by atoms with Crippen LogP contribution in [0.25, 0.3) is 10.1 Å². The van der Waals surface area contributed by atoms with Crippen LogP contribution < -0.4 is 15.5 Å². The van der Waals surface area contributed by atoms with Gasteiger partial charge in [-0.15, -0.1) is 11.3 Å². The maximum absolute atomic E-state index is 15.1. The van der Waals surface area contributed by atoms with Gasteiger partial charge in [-0.2, -0.15) is 8.78 Å². The van der Waals surface area contributed by atoms with Crippen LogP contribution in [0.1, 0.15) is 40.9 Å². The lowest BCUT2D eigenvalue weighted by Gasteiger charge is -2.42. The number of halogens is 3. The van der Waals surface area contributed by atoms with Crippen molar-refractivity contribution >= 4 is 52.4 Å². The largest absolute Gasteiger partial charge is 0.399 e. The second kappa shape index (κ2) is 12.3. The zero-order valence-corrected chi connectivity index (χ0v) is 27.1. The van der Waals surface area contributed by atoms with Crippen LogP contribution in [0.15, 0.2) is 60.9 Å². The van der Waals surface area contributed by atoms with E-state index in [0.29, 0.717) is 30.4 Å². The van der Waals surface area contributed by atoms with Crippen LogP contribution in [0.3, 0.4) is 0 Å². The van der Waals surface area contributed by atoms with Crippen molar-refractivity contribution < 1.29 is 41.9 Å².